The number of hydrogen-bond donors (Lipinski definition) is 1. The Kier molecular flexibility index (Phi) is 6.59. The zero-order chi connectivity index (χ0) is 20.0. The van der Waals surface area contributed by atoms with Gasteiger partial charge in [-0.15, -0.1) is 0 Å². The van der Waals surface area contributed by atoms with Crippen LogP contribution in [-0.2, 0) is 11.0 Å². The van der Waals surface area contributed by atoms with Crippen molar-refractivity contribution in [2.75, 3.05) is 18.4 Å². The van der Waals surface area contributed by atoms with Crippen molar-refractivity contribution in [2.24, 2.45) is 0 Å². The van der Waals surface area contributed by atoms with Gasteiger partial charge < -0.3 is 14.7 Å². The van der Waals surface area contributed by atoms with Gasteiger partial charge in [-0.2, -0.15) is 13.2 Å². The van der Waals surface area contributed by atoms with Gasteiger partial charge in [0, 0.05) is 18.2 Å². The predicted octanol–water partition coefficient (Wildman–Crippen LogP) is 3.88. The van der Waals surface area contributed by atoms with E-state index in [9.17, 15) is 22.8 Å². The minimum atomic E-state index is -4.55. The van der Waals surface area contributed by atoms with Crippen LogP contribution in [0, 0.1) is 6.92 Å². The highest BCUT2D eigenvalue weighted by atomic mass is 19.4. The van der Waals surface area contributed by atoms with E-state index in [2.05, 4.69) is 10.5 Å². The number of carbonyl (C=O) groups is 2. The van der Waals surface area contributed by atoms with Gasteiger partial charge in [0.05, 0.1) is 5.56 Å². The van der Waals surface area contributed by atoms with Crippen LogP contribution in [-0.4, -0.2) is 35.0 Å². The molecule has 6 nitrogen and oxygen atoms in total. The van der Waals surface area contributed by atoms with Gasteiger partial charge in [-0.25, -0.2) is 0 Å². The van der Waals surface area contributed by atoms with E-state index in [1.807, 2.05) is 6.92 Å². The number of benzene rings is 1. The van der Waals surface area contributed by atoms with Crippen LogP contribution in [0.5, 0.6) is 0 Å². The third-order valence-corrected chi connectivity index (χ3v) is 3.74. The minimum Gasteiger partial charge on any atom is -0.360 e. The van der Waals surface area contributed by atoms with Crippen LogP contribution in [0.25, 0.3) is 0 Å². The molecule has 1 N–H and O–H groups in total. The number of carbonyl (C=O) groups excluding carboxylic acids is 2. The number of aryl methyl sites for hydroxylation is 1. The number of hydrogen-bond acceptors (Lipinski definition) is 4. The highest BCUT2D eigenvalue weighted by molar-refractivity contribution is 5.99. The summed E-state index contributed by atoms with van der Waals surface area (Å²) in [5, 5.41) is 6.13. The molecule has 0 unspecified atom stereocenters. The summed E-state index contributed by atoms with van der Waals surface area (Å²) in [5.41, 5.74) is -1.03. The summed E-state index contributed by atoms with van der Waals surface area (Å²) in [5.74, 6) is -0.437. The fourth-order valence-corrected chi connectivity index (χ4v) is 2.39. The van der Waals surface area contributed by atoms with Gasteiger partial charge in [0.2, 0.25) is 5.91 Å². The average molecular weight is 383 g/mol. The lowest BCUT2D eigenvalue weighted by Gasteiger charge is -2.22. The topological polar surface area (TPSA) is 75.4 Å². The molecule has 27 heavy (non-hydrogen) atoms. The van der Waals surface area contributed by atoms with Crippen molar-refractivity contribution in [2.45, 2.75) is 32.9 Å². The lowest BCUT2D eigenvalue weighted by molar-refractivity contribution is -0.137. The molecular formula is C18H20F3N3O3. The van der Waals surface area contributed by atoms with E-state index in [1.165, 1.54) is 23.1 Å². The summed E-state index contributed by atoms with van der Waals surface area (Å²) < 4.78 is 43.5. The first kappa shape index (κ1) is 20.5. The van der Waals surface area contributed by atoms with Gasteiger partial charge >= 0.3 is 6.18 Å². The lowest BCUT2D eigenvalue weighted by atomic mass is 10.1. The maximum atomic E-state index is 12.9. The molecule has 0 aliphatic heterocycles. The number of alkyl halides is 3. The van der Waals surface area contributed by atoms with Crippen LogP contribution in [0.1, 0.15) is 41.4 Å². The normalized spacial score (nSPS) is 11.3. The monoisotopic (exact) mass is 383 g/mol. The number of anilines is 1. The fourth-order valence-electron chi connectivity index (χ4n) is 2.39. The molecule has 2 aromatic rings. The Morgan fingerprint density at radius 1 is 1.26 bits per heavy atom. The standard InChI is InChI=1S/C18H20F3N3O3/c1-3-4-8-24(11-16(25)22-15-9-12(2)27-23-15)17(26)13-6-5-7-14(10-13)18(19,20)21/h5-7,9-10H,3-4,8,11H2,1-2H3,(H,22,23,25). The quantitative estimate of drug-likeness (QED) is 0.787. The van der Waals surface area contributed by atoms with Gasteiger partial charge in [0.1, 0.15) is 12.3 Å². The molecule has 0 saturated heterocycles. The summed E-state index contributed by atoms with van der Waals surface area (Å²) in [7, 11) is 0. The summed E-state index contributed by atoms with van der Waals surface area (Å²) in [6.45, 7) is 3.51. The molecular weight excluding hydrogens is 363 g/mol. The molecule has 1 aromatic heterocycles. The first-order valence-corrected chi connectivity index (χ1v) is 8.40. The summed E-state index contributed by atoms with van der Waals surface area (Å²) in [4.78, 5) is 26.1. The fraction of sp³-hybridized carbons (Fsp3) is 0.389. The second-order valence-electron chi connectivity index (χ2n) is 6.03. The third kappa shape index (κ3) is 5.83. The van der Waals surface area contributed by atoms with Crippen LogP contribution < -0.4 is 5.32 Å². The second-order valence-corrected chi connectivity index (χ2v) is 6.03. The highest BCUT2D eigenvalue weighted by Crippen LogP contribution is 2.29. The van der Waals surface area contributed by atoms with E-state index >= 15 is 0 Å². The molecule has 2 rings (SSSR count). The molecule has 0 aliphatic rings. The first-order valence-electron chi connectivity index (χ1n) is 8.40. The molecule has 2 amide bonds. The van der Waals surface area contributed by atoms with Crippen molar-refractivity contribution >= 4 is 17.6 Å². The molecule has 0 atom stereocenters. The number of amides is 2. The van der Waals surface area contributed by atoms with Crippen LogP contribution in [0.3, 0.4) is 0 Å². The maximum absolute atomic E-state index is 12.9. The number of nitrogens with zero attached hydrogens (tertiary/aromatic N) is 2. The number of aromatic nitrogens is 1. The van der Waals surface area contributed by atoms with Crippen LogP contribution in [0.4, 0.5) is 19.0 Å². The van der Waals surface area contributed by atoms with E-state index in [4.69, 9.17) is 4.52 Å². The predicted molar refractivity (Wildman–Crippen MR) is 92.1 cm³/mol. The maximum Gasteiger partial charge on any atom is 0.416 e. The minimum absolute atomic E-state index is 0.119. The molecule has 0 fully saturated rings. The molecule has 1 aromatic carbocycles. The molecule has 0 saturated carbocycles. The van der Waals surface area contributed by atoms with Gasteiger partial charge in [-0.3, -0.25) is 9.59 Å². The Hall–Kier alpha value is -2.84. The average Bonchev–Trinajstić information content (AvgIpc) is 3.02. The number of rotatable bonds is 7. The Balaban J connectivity index is 2.14. The van der Waals surface area contributed by atoms with Gasteiger partial charge in [0.15, 0.2) is 5.82 Å². The summed E-state index contributed by atoms with van der Waals surface area (Å²) >= 11 is 0. The summed E-state index contributed by atoms with van der Waals surface area (Å²) in [6, 6.07) is 5.68. The van der Waals surface area contributed by atoms with Gasteiger partial charge in [-0.05, 0) is 31.5 Å². The Bertz CT molecular complexity index is 802. The third-order valence-electron chi connectivity index (χ3n) is 3.74. The van der Waals surface area contributed by atoms with Crippen LogP contribution in [0.15, 0.2) is 34.9 Å². The van der Waals surface area contributed by atoms with Crippen molar-refractivity contribution in [1.82, 2.24) is 10.1 Å². The van der Waals surface area contributed by atoms with Crippen LogP contribution in [0.2, 0.25) is 0 Å². The second kappa shape index (κ2) is 8.70. The molecule has 0 spiro atoms. The van der Waals surface area contributed by atoms with Crippen molar-refractivity contribution in [3.63, 3.8) is 0 Å². The highest BCUT2D eigenvalue weighted by Gasteiger charge is 2.31. The molecule has 0 bridgehead atoms. The van der Waals surface area contributed by atoms with E-state index in [-0.39, 0.29) is 24.5 Å². The zero-order valence-electron chi connectivity index (χ0n) is 15.0. The molecule has 9 heteroatoms. The Morgan fingerprint density at radius 3 is 2.59 bits per heavy atom. The Morgan fingerprint density at radius 2 is 2.00 bits per heavy atom. The van der Waals surface area contributed by atoms with E-state index < -0.39 is 23.6 Å². The number of unbranched alkanes of at least 4 members (excludes halogenated alkanes) is 1. The first-order chi connectivity index (χ1) is 12.7. The largest absolute Gasteiger partial charge is 0.416 e. The molecule has 146 valence electrons. The Labute approximate surface area is 154 Å². The lowest BCUT2D eigenvalue weighted by Crippen LogP contribution is -2.38. The van der Waals surface area contributed by atoms with Crippen LogP contribution >= 0.6 is 0 Å². The van der Waals surface area contributed by atoms with Crippen molar-refractivity contribution in [3.8, 4) is 0 Å². The molecule has 1 heterocycles. The smallest absolute Gasteiger partial charge is 0.360 e. The van der Waals surface area contributed by atoms with E-state index in [0.717, 1.165) is 18.6 Å². The number of halogens is 3. The summed E-state index contributed by atoms with van der Waals surface area (Å²) in [6.07, 6.45) is -3.18. The van der Waals surface area contributed by atoms with Crippen molar-refractivity contribution in [1.29, 1.82) is 0 Å². The van der Waals surface area contributed by atoms with E-state index in [1.54, 1.807) is 6.92 Å². The van der Waals surface area contributed by atoms with Gasteiger partial charge in [0.25, 0.3) is 5.91 Å². The number of nitrogens with one attached hydrogen (secondary N) is 1. The zero-order valence-corrected chi connectivity index (χ0v) is 15.0. The van der Waals surface area contributed by atoms with Crippen molar-refractivity contribution < 1.29 is 27.3 Å². The molecule has 0 radical (unpaired) electrons. The van der Waals surface area contributed by atoms with E-state index in [0.29, 0.717) is 12.2 Å². The SMILES string of the molecule is CCCCN(CC(=O)Nc1cc(C)on1)C(=O)c1cccc(C(F)(F)F)c1. The van der Waals surface area contributed by atoms with Gasteiger partial charge in [-0.1, -0.05) is 24.6 Å². The van der Waals surface area contributed by atoms with Crippen molar-refractivity contribution in [3.05, 3.63) is 47.2 Å². The molecule has 0 aliphatic carbocycles.